The van der Waals surface area contributed by atoms with Crippen LogP contribution in [0.15, 0.2) is 23.0 Å². The fraction of sp³-hybridized carbons (Fsp3) is 0.467. The molecule has 1 N–H and O–H groups in total. The summed E-state index contributed by atoms with van der Waals surface area (Å²) in [4.78, 5) is 16.4. The first-order valence-electron chi connectivity index (χ1n) is 7.08. The molecule has 5 heteroatoms. The lowest BCUT2D eigenvalue weighted by molar-refractivity contribution is 0.0952. The zero-order valence-corrected chi connectivity index (χ0v) is 12.4. The van der Waals surface area contributed by atoms with Gasteiger partial charge in [-0.3, -0.25) is 4.79 Å². The van der Waals surface area contributed by atoms with Crippen molar-refractivity contribution >= 4 is 17.2 Å². The number of nitrogens with one attached hydrogen (secondary N) is 1. The van der Waals surface area contributed by atoms with Crippen molar-refractivity contribution in [2.24, 2.45) is 0 Å². The van der Waals surface area contributed by atoms with Crippen molar-refractivity contribution in [2.45, 2.75) is 38.6 Å². The average Bonchev–Trinajstić information content (AvgIpc) is 3.00. The van der Waals surface area contributed by atoms with Crippen LogP contribution in [-0.2, 0) is 6.54 Å². The summed E-state index contributed by atoms with van der Waals surface area (Å²) in [6, 6.07) is 1.85. The second kappa shape index (κ2) is 5.79. The molecule has 3 rings (SSSR count). The Morgan fingerprint density at radius 1 is 1.55 bits per heavy atom. The summed E-state index contributed by atoms with van der Waals surface area (Å²) in [7, 11) is 0. The number of amides is 1. The van der Waals surface area contributed by atoms with Crippen LogP contribution in [0.25, 0.3) is 0 Å². The number of rotatable bonds is 5. The lowest BCUT2D eigenvalue weighted by atomic mass is 9.85. The van der Waals surface area contributed by atoms with Gasteiger partial charge in [0.05, 0.1) is 0 Å². The van der Waals surface area contributed by atoms with Crippen LogP contribution in [0, 0.1) is 6.92 Å². The van der Waals surface area contributed by atoms with Crippen molar-refractivity contribution in [3.05, 3.63) is 40.1 Å². The standard InChI is InChI=1S/C15H19N3OS/c1-11-9-17-14(12-3-2-4-12)18(11)7-6-16-15(19)13-5-8-20-10-13/h5,8-10,12H,2-4,6-7H2,1H3,(H,16,19). The van der Waals surface area contributed by atoms with Crippen molar-refractivity contribution in [1.82, 2.24) is 14.9 Å². The van der Waals surface area contributed by atoms with E-state index in [-0.39, 0.29) is 5.91 Å². The number of carbonyl (C=O) groups is 1. The number of nitrogens with zero attached hydrogens (tertiary/aromatic N) is 2. The van der Waals surface area contributed by atoms with Gasteiger partial charge in [-0.15, -0.1) is 0 Å². The Labute approximate surface area is 122 Å². The highest BCUT2D eigenvalue weighted by molar-refractivity contribution is 7.08. The summed E-state index contributed by atoms with van der Waals surface area (Å²) in [5.74, 6) is 1.82. The molecule has 1 aliphatic rings. The first-order valence-corrected chi connectivity index (χ1v) is 8.02. The Morgan fingerprint density at radius 2 is 2.40 bits per heavy atom. The van der Waals surface area contributed by atoms with E-state index in [1.165, 1.54) is 30.8 Å². The minimum atomic E-state index is 0.00853. The minimum absolute atomic E-state index is 0.00853. The maximum atomic E-state index is 11.9. The Kier molecular flexibility index (Phi) is 3.87. The van der Waals surface area contributed by atoms with Crippen LogP contribution < -0.4 is 5.32 Å². The van der Waals surface area contributed by atoms with Crippen molar-refractivity contribution < 1.29 is 4.79 Å². The highest BCUT2D eigenvalue weighted by atomic mass is 32.1. The fourth-order valence-electron chi connectivity index (χ4n) is 2.54. The van der Waals surface area contributed by atoms with Crippen LogP contribution in [0.2, 0.25) is 0 Å². The average molecular weight is 289 g/mol. The van der Waals surface area contributed by atoms with Gasteiger partial charge in [0, 0.05) is 41.8 Å². The number of thiophene rings is 1. The maximum Gasteiger partial charge on any atom is 0.252 e. The molecule has 0 saturated heterocycles. The van der Waals surface area contributed by atoms with E-state index >= 15 is 0 Å². The molecule has 0 unspecified atom stereocenters. The number of hydrogen-bond acceptors (Lipinski definition) is 3. The first kappa shape index (κ1) is 13.4. The van der Waals surface area contributed by atoms with Crippen molar-refractivity contribution in [1.29, 1.82) is 0 Å². The van der Waals surface area contributed by atoms with Crippen LogP contribution >= 0.6 is 11.3 Å². The van der Waals surface area contributed by atoms with Crippen molar-refractivity contribution in [3.63, 3.8) is 0 Å². The maximum absolute atomic E-state index is 11.9. The van der Waals surface area contributed by atoms with E-state index in [2.05, 4.69) is 21.8 Å². The molecular weight excluding hydrogens is 270 g/mol. The number of aryl methyl sites for hydroxylation is 1. The highest BCUT2D eigenvalue weighted by Crippen LogP contribution is 2.35. The fourth-order valence-corrected chi connectivity index (χ4v) is 3.18. The van der Waals surface area contributed by atoms with Gasteiger partial charge < -0.3 is 9.88 Å². The Bertz CT molecular complexity index is 584. The predicted octanol–water partition coefficient (Wildman–Crippen LogP) is 2.95. The summed E-state index contributed by atoms with van der Waals surface area (Å²) in [6.45, 7) is 3.52. The number of imidazole rings is 1. The van der Waals surface area contributed by atoms with E-state index in [0.717, 1.165) is 12.1 Å². The Morgan fingerprint density at radius 3 is 3.05 bits per heavy atom. The van der Waals surface area contributed by atoms with E-state index in [4.69, 9.17) is 0 Å². The molecule has 2 aromatic rings. The van der Waals surface area contributed by atoms with Gasteiger partial charge >= 0.3 is 0 Å². The molecule has 1 fully saturated rings. The monoisotopic (exact) mass is 289 g/mol. The first-order chi connectivity index (χ1) is 9.75. The van der Waals surface area contributed by atoms with Gasteiger partial charge in [0.25, 0.3) is 5.91 Å². The number of carbonyl (C=O) groups excluding carboxylic acids is 1. The third-order valence-electron chi connectivity index (χ3n) is 3.96. The summed E-state index contributed by atoms with van der Waals surface area (Å²) in [5, 5.41) is 6.76. The molecule has 0 atom stereocenters. The molecule has 0 radical (unpaired) electrons. The third-order valence-corrected chi connectivity index (χ3v) is 4.64. The van der Waals surface area contributed by atoms with E-state index < -0.39 is 0 Å². The molecule has 4 nitrogen and oxygen atoms in total. The second-order valence-corrected chi connectivity index (χ2v) is 6.09. The SMILES string of the molecule is Cc1cnc(C2CCC2)n1CCNC(=O)c1ccsc1. The molecular formula is C15H19N3OS. The molecule has 106 valence electrons. The Balaban J connectivity index is 1.58. The molecule has 1 aliphatic carbocycles. The highest BCUT2D eigenvalue weighted by Gasteiger charge is 2.24. The van der Waals surface area contributed by atoms with Gasteiger partial charge in [-0.2, -0.15) is 11.3 Å². The summed E-state index contributed by atoms with van der Waals surface area (Å²) < 4.78 is 2.25. The molecule has 2 aromatic heterocycles. The van der Waals surface area contributed by atoms with Crippen LogP contribution in [0.4, 0.5) is 0 Å². The summed E-state index contributed by atoms with van der Waals surface area (Å²) >= 11 is 1.54. The van der Waals surface area contributed by atoms with Crippen LogP contribution in [-0.4, -0.2) is 22.0 Å². The molecule has 20 heavy (non-hydrogen) atoms. The van der Waals surface area contributed by atoms with Gasteiger partial charge in [0.2, 0.25) is 0 Å². The summed E-state index contributed by atoms with van der Waals surface area (Å²) in [5.41, 5.74) is 1.92. The molecule has 0 aliphatic heterocycles. The van der Waals surface area contributed by atoms with E-state index in [9.17, 15) is 4.79 Å². The van der Waals surface area contributed by atoms with Crippen LogP contribution in [0.1, 0.15) is 47.1 Å². The van der Waals surface area contributed by atoms with E-state index in [1.807, 2.05) is 23.0 Å². The smallest absolute Gasteiger partial charge is 0.252 e. The van der Waals surface area contributed by atoms with Crippen molar-refractivity contribution in [2.75, 3.05) is 6.54 Å². The topological polar surface area (TPSA) is 46.9 Å². The van der Waals surface area contributed by atoms with Gasteiger partial charge in [-0.1, -0.05) is 6.42 Å². The van der Waals surface area contributed by atoms with Gasteiger partial charge in [0.15, 0.2) is 0 Å². The van der Waals surface area contributed by atoms with Crippen LogP contribution in [0.3, 0.4) is 0 Å². The van der Waals surface area contributed by atoms with E-state index in [1.54, 1.807) is 11.3 Å². The quantitative estimate of drug-likeness (QED) is 0.920. The zero-order valence-electron chi connectivity index (χ0n) is 11.6. The molecule has 1 saturated carbocycles. The molecule has 1 amide bonds. The van der Waals surface area contributed by atoms with E-state index in [0.29, 0.717) is 12.5 Å². The molecule has 2 heterocycles. The second-order valence-electron chi connectivity index (χ2n) is 5.31. The molecule has 0 aromatic carbocycles. The third kappa shape index (κ3) is 2.63. The predicted molar refractivity (Wildman–Crippen MR) is 80.2 cm³/mol. The molecule has 0 spiro atoms. The molecule has 0 bridgehead atoms. The van der Waals surface area contributed by atoms with Crippen LogP contribution in [0.5, 0.6) is 0 Å². The van der Waals surface area contributed by atoms with Gasteiger partial charge in [-0.25, -0.2) is 4.98 Å². The number of aromatic nitrogens is 2. The summed E-state index contributed by atoms with van der Waals surface area (Å²) in [6.07, 6.45) is 5.75. The zero-order chi connectivity index (χ0) is 13.9. The van der Waals surface area contributed by atoms with Crippen molar-refractivity contribution in [3.8, 4) is 0 Å². The number of hydrogen-bond donors (Lipinski definition) is 1. The normalized spacial score (nSPS) is 15.1. The Hall–Kier alpha value is -1.62. The largest absolute Gasteiger partial charge is 0.350 e. The lowest BCUT2D eigenvalue weighted by Gasteiger charge is -2.26. The van der Waals surface area contributed by atoms with Gasteiger partial charge in [0.1, 0.15) is 5.82 Å². The van der Waals surface area contributed by atoms with Gasteiger partial charge in [-0.05, 0) is 31.2 Å². The lowest BCUT2D eigenvalue weighted by Crippen LogP contribution is -2.28. The minimum Gasteiger partial charge on any atom is -0.350 e.